The van der Waals surface area contributed by atoms with Crippen LogP contribution in [0.25, 0.3) is 0 Å². The molecule has 1 aliphatic rings. The number of nitrogens with zero attached hydrogens (tertiary/aromatic N) is 1. The van der Waals surface area contributed by atoms with Gasteiger partial charge in [0.05, 0.1) is 11.5 Å². The number of hydrogen-bond acceptors (Lipinski definition) is 6. The molecule has 1 aromatic carbocycles. The van der Waals surface area contributed by atoms with Crippen LogP contribution in [0.15, 0.2) is 24.3 Å². The molecule has 0 spiro atoms. The molecule has 20 heavy (non-hydrogen) atoms. The molecule has 1 fully saturated rings. The number of hydrogen-bond donors (Lipinski definition) is 0. The molecule has 1 saturated heterocycles. The Labute approximate surface area is 115 Å². The van der Waals surface area contributed by atoms with Crippen LogP contribution in [-0.2, 0) is 9.47 Å². The number of nitro groups is 1. The van der Waals surface area contributed by atoms with E-state index in [1.165, 1.54) is 24.3 Å². The highest BCUT2D eigenvalue weighted by atomic mass is 16.7. The first-order valence-corrected chi connectivity index (χ1v) is 6.36. The van der Waals surface area contributed by atoms with E-state index >= 15 is 0 Å². The van der Waals surface area contributed by atoms with Crippen molar-refractivity contribution in [2.75, 3.05) is 13.2 Å². The van der Waals surface area contributed by atoms with E-state index in [0.29, 0.717) is 13.2 Å². The Balaban J connectivity index is 1.85. The Bertz CT molecular complexity index is 464. The molecule has 0 amide bonds. The summed E-state index contributed by atoms with van der Waals surface area (Å²) in [7, 11) is 0. The number of carbonyl (C=O) groups is 1. The summed E-state index contributed by atoms with van der Waals surface area (Å²) < 4.78 is 15.4. The van der Waals surface area contributed by atoms with E-state index in [1.54, 1.807) is 0 Å². The maximum absolute atomic E-state index is 11.6. The second-order valence-electron chi connectivity index (χ2n) is 4.41. The lowest BCUT2D eigenvalue weighted by Crippen LogP contribution is -2.24. The molecule has 0 aliphatic carbocycles. The molecule has 0 bridgehead atoms. The summed E-state index contributed by atoms with van der Waals surface area (Å²) in [5.74, 6) is 0.204. The van der Waals surface area contributed by atoms with Crippen LogP contribution in [0, 0.1) is 10.1 Å². The van der Waals surface area contributed by atoms with Crippen molar-refractivity contribution in [1.82, 2.24) is 0 Å². The zero-order valence-corrected chi connectivity index (χ0v) is 10.8. The molecule has 1 atom stereocenters. The van der Waals surface area contributed by atoms with Crippen LogP contribution in [-0.4, -0.2) is 30.4 Å². The highest BCUT2D eigenvalue weighted by Crippen LogP contribution is 2.18. The fraction of sp³-hybridized carbons (Fsp3) is 0.462. The first kappa shape index (κ1) is 14.3. The Kier molecular flexibility index (Phi) is 4.89. The molecule has 1 aromatic rings. The van der Waals surface area contributed by atoms with Crippen LogP contribution in [0.2, 0.25) is 0 Å². The second kappa shape index (κ2) is 6.85. The normalized spacial score (nSPS) is 18.9. The lowest BCUT2D eigenvalue weighted by molar-refractivity contribution is -0.384. The third kappa shape index (κ3) is 4.20. The van der Waals surface area contributed by atoms with E-state index in [0.717, 1.165) is 19.3 Å². The number of ether oxygens (including phenoxy) is 3. The van der Waals surface area contributed by atoms with Gasteiger partial charge in [-0.2, -0.15) is 0 Å². The fourth-order valence-corrected chi connectivity index (χ4v) is 1.86. The Morgan fingerprint density at radius 1 is 1.30 bits per heavy atom. The summed E-state index contributed by atoms with van der Waals surface area (Å²) in [6, 6.07) is 5.22. The quantitative estimate of drug-likeness (QED) is 0.366. The van der Waals surface area contributed by atoms with E-state index in [-0.39, 0.29) is 17.5 Å². The lowest BCUT2D eigenvalue weighted by atomic mass is 10.2. The standard InChI is InChI=1S/C13H15NO6/c15-13(20-12-3-1-2-8-18-9-12)19-11-6-4-10(5-7-11)14(16)17/h4-7,12H,1-3,8-9H2/t12-/m1/s1. The molecule has 1 heterocycles. The minimum Gasteiger partial charge on any atom is -0.428 e. The highest BCUT2D eigenvalue weighted by molar-refractivity contribution is 5.64. The van der Waals surface area contributed by atoms with Crippen molar-refractivity contribution < 1.29 is 23.9 Å². The SMILES string of the molecule is O=C(Oc1ccc([N+](=O)[O-])cc1)O[C@@H]1CCCCOC1. The maximum atomic E-state index is 11.6. The smallest absolute Gasteiger partial charge is 0.428 e. The molecule has 7 heteroatoms. The van der Waals surface area contributed by atoms with Crippen molar-refractivity contribution in [1.29, 1.82) is 0 Å². The van der Waals surface area contributed by atoms with Crippen LogP contribution in [0.5, 0.6) is 5.75 Å². The Morgan fingerprint density at radius 3 is 2.75 bits per heavy atom. The summed E-state index contributed by atoms with van der Waals surface area (Å²) in [5, 5.41) is 10.5. The number of benzene rings is 1. The second-order valence-corrected chi connectivity index (χ2v) is 4.41. The maximum Gasteiger partial charge on any atom is 0.514 e. The van der Waals surface area contributed by atoms with Crippen molar-refractivity contribution in [3.63, 3.8) is 0 Å². The van der Waals surface area contributed by atoms with Crippen LogP contribution in [0.1, 0.15) is 19.3 Å². The monoisotopic (exact) mass is 281 g/mol. The van der Waals surface area contributed by atoms with Crippen molar-refractivity contribution in [3.05, 3.63) is 34.4 Å². The topological polar surface area (TPSA) is 87.9 Å². The van der Waals surface area contributed by atoms with E-state index in [1.807, 2.05) is 0 Å². The molecule has 108 valence electrons. The van der Waals surface area contributed by atoms with Crippen molar-refractivity contribution in [2.24, 2.45) is 0 Å². The predicted octanol–water partition coefficient (Wildman–Crippen LogP) is 2.68. The molecule has 7 nitrogen and oxygen atoms in total. The van der Waals surface area contributed by atoms with Gasteiger partial charge < -0.3 is 14.2 Å². The molecule has 0 aromatic heterocycles. The summed E-state index contributed by atoms with van der Waals surface area (Å²) in [5.41, 5.74) is -0.0668. The molecule has 0 saturated carbocycles. The number of nitro benzene ring substituents is 1. The van der Waals surface area contributed by atoms with Gasteiger partial charge in [-0.1, -0.05) is 0 Å². The van der Waals surface area contributed by atoms with E-state index in [2.05, 4.69) is 0 Å². The highest BCUT2D eigenvalue weighted by Gasteiger charge is 2.18. The Hall–Kier alpha value is -2.15. The third-order valence-corrected chi connectivity index (χ3v) is 2.88. The van der Waals surface area contributed by atoms with Gasteiger partial charge in [0.25, 0.3) is 5.69 Å². The van der Waals surface area contributed by atoms with Gasteiger partial charge >= 0.3 is 6.16 Å². The first-order chi connectivity index (χ1) is 9.65. The fourth-order valence-electron chi connectivity index (χ4n) is 1.86. The van der Waals surface area contributed by atoms with Gasteiger partial charge in [0, 0.05) is 18.7 Å². The molecule has 0 N–H and O–H groups in total. The average Bonchev–Trinajstić information content (AvgIpc) is 2.68. The van der Waals surface area contributed by atoms with Gasteiger partial charge in [-0.3, -0.25) is 10.1 Å². The summed E-state index contributed by atoms with van der Waals surface area (Å²) in [4.78, 5) is 21.5. The van der Waals surface area contributed by atoms with Gasteiger partial charge in [-0.05, 0) is 31.4 Å². The summed E-state index contributed by atoms with van der Waals surface area (Å²) in [6.45, 7) is 1.05. The number of rotatable bonds is 3. The van der Waals surface area contributed by atoms with Crippen LogP contribution in [0.4, 0.5) is 10.5 Å². The zero-order chi connectivity index (χ0) is 14.4. The molecule has 2 rings (SSSR count). The third-order valence-electron chi connectivity index (χ3n) is 2.88. The average molecular weight is 281 g/mol. The van der Waals surface area contributed by atoms with Gasteiger partial charge in [-0.15, -0.1) is 0 Å². The zero-order valence-electron chi connectivity index (χ0n) is 10.8. The van der Waals surface area contributed by atoms with Gasteiger partial charge in [0.2, 0.25) is 0 Å². The van der Waals surface area contributed by atoms with Crippen molar-refractivity contribution in [2.45, 2.75) is 25.4 Å². The van der Waals surface area contributed by atoms with E-state index in [4.69, 9.17) is 14.2 Å². The van der Waals surface area contributed by atoms with E-state index in [9.17, 15) is 14.9 Å². The van der Waals surface area contributed by atoms with Crippen LogP contribution in [0.3, 0.4) is 0 Å². The molecule has 0 unspecified atom stereocenters. The minimum atomic E-state index is -0.825. The predicted molar refractivity (Wildman–Crippen MR) is 68.7 cm³/mol. The number of carbonyl (C=O) groups excluding carboxylic acids is 1. The van der Waals surface area contributed by atoms with Crippen molar-refractivity contribution in [3.8, 4) is 5.75 Å². The summed E-state index contributed by atoms with van der Waals surface area (Å²) >= 11 is 0. The van der Waals surface area contributed by atoms with Crippen LogP contribution >= 0.6 is 0 Å². The van der Waals surface area contributed by atoms with Gasteiger partial charge in [0.15, 0.2) is 0 Å². The molecular formula is C13H15NO6. The van der Waals surface area contributed by atoms with Gasteiger partial charge in [0.1, 0.15) is 11.9 Å². The van der Waals surface area contributed by atoms with Crippen LogP contribution < -0.4 is 4.74 Å². The minimum absolute atomic E-state index is 0.0668. The molecule has 0 radical (unpaired) electrons. The Morgan fingerprint density at radius 2 is 2.05 bits per heavy atom. The molecule has 1 aliphatic heterocycles. The first-order valence-electron chi connectivity index (χ1n) is 6.36. The number of non-ortho nitro benzene ring substituents is 1. The van der Waals surface area contributed by atoms with Gasteiger partial charge in [-0.25, -0.2) is 4.79 Å². The largest absolute Gasteiger partial charge is 0.514 e. The van der Waals surface area contributed by atoms with Crippen molar-refractivity contribution >= 4 is 11.8 Å². The summed E-state index contributed by atoms with van der Waals surface area (Å²) in [6.07, 6.45) is 1.51. The van der Waals surface area contributed by atoms with E-state index < -0.39 is 11.1 Å². The lowest BCUT2D eigenvalue weighted by Gasteiger charge is -2.14. The molecular weight excluding hydrogens is 266 g/mol.